The van der Waals surface area contributed by atoms with Gasteiger partial charge in [0.15, 0.2) is 0 Å². The molecule has 0 radical (unpaired) electrons. The molecule has 1 fully saturated rings. The number of nitrogens with zero attached hydrogens (tertiary/aromatic N) is 2. The van der Waals surface area contributed by atoms with Crippen molar-refractivity contribution in [1.29, 1.82) is 0 Å². The van der Waals surface area contributed by atoms with Gasteiger partial charge in [0.05, 0.1) is 23.7 Å². The fraction of sp³-hybridized carbons (Fsp3) is 0.458. The number of piperidine rings is 1. The van der Waals surface area contributed by atoms with Gasteiger partial charge in [-0.2, -0.15) is 0 Å². The van der Waals surface area contributed by atoms with Gasteiger partial charge in [0.1, 0.15) is 23.2 Å². The zero-order chi connectivity index (χ0) is 24.0. The van der Waals surface area contributed by atoms with E-state index >= 15 is 0 Å². The molecule has 33 heavy (non-hydrogen) atoms. The highest BCUT2D eigenvalue weighted by Gasteiger charge is 2.47. The lowest BCUT2D eigenvalue weighted by molar-refractivity contribution is -0.147. The Hall–Kier alpha value is -2.78. The Morgan fingerprint density at radius 2 is 1.94 bits per heavy atom. The van der Waals surface area contributed by atoms with E-state index in [1.807, 2.05) is 0 Å². The number of methoxy groups -OCH3 is 1. The van der Waals surface area contributed by atoms with Crippen LogP contribution in [0.5, 0.6) is 11.5 Å². The van der Waals surface area contributed by atoms with Crippen LogP contribution in [-0.2, 0) is 14.8 Å². The van der Waals surface area contributed by atoms with Crippen molar-refractivity contribution < 1.29 is 27.8 Å². The van der Waals surface area contributed by atoms with Crippen molar-refractivity contribution in [3.8, 4) is 11.5 Å². The fourth-order valence-electron chi connectivity index (χ4n) is 4.47. The number of likely N-dealkylation sites (tertiary alicyclic amines) is 1. The standard InChI is InChI=1S/C24H30N2O6S/c1-24(2)23(28)22(26-13-6-5-10-21(26)27)19-15-18(11-12-20(19)32-24)33(29,30)25(3)16-8-7-9-17(14-16)31-4/h7-9,11-12,14-15,22-23,28H,5-6,10,13H2,1-4H3/t22-,23+/m1/s1. The van der Waals surface area contributed by atoms with E-state index in [0.29, 0.717) is 35.7 Å². The Labute approximate surface area is 194 Å². The first-order valence-corrected chi connectivity index (χ1v) is 12.4. The van der Waals surface area contributed by atoms with E-state index in [1.54, 1.807) is 49.1 Å². The molecule has 2 aliphatic heterocycles. The summed E-state index contributed by atoms with van der Waals surface area (Å²) in [5, 5.41) is 11.2. The van der Waals surface area contributed by atoms with Crippen LogP contribution in [-0.4, -0.2) is 56.7 Å². The smallest absolute Gasteiger partial charge is 0.264 e. The minimum atomic E-state index is -3.93. The first-order valence-electron chi connectivity index (χ1n) is 11.0. The second-order valence-corrected chi connectivity index (χ2v) is 11.0. The van der Waals surface area contributed by atoms with Crippen molar-refractivity contribution >= 4 is 21.6 Å². The third-order valence-corrected chi connectivity index (χ3v) is 8.24. The van der Waals surface area contributed by atoms with Gasteiger partial charge in [-0.05, 0) is 57.0 Å². The summed E-state index contributed by atoms with van der Waals surface area (Å²) in [5.74, 6) is 0.967. The molecule has 4 rings (SSSR count). The number of amides is 1. The van der Waals surface area contributed by atoms with E-state index in [1.165, 1.54) is 30.6 Å². The summed E-state index contributed by atoms with van der Waals surface area (Å²) in [6, 6.07) is 10.7. The number of anilines is 1. The number of carbonyl (C=O) groups excluding carboxylic acids is 1. The lowest BCUT2D eigenvalue weighted by Crippen LogP contribution is -2.55. The highest BCUT2D eigenvalue weighted by atomic mass is 32.2. The second kappa shape index (κ2) is 8.53. The van der Waals surface area contributed by atoms with Crippen molar-refractivity contribution in [3.05, 3.63) is 48.0 Å². The molecule has 0 saturated carbocycles. The highest BCUT2D eigenvalue weighted by Crippen LogP contribution is 2.45. The molecule has 2 atom stereocenters. The Kier molecular flexibility index (Phi) is 6.05. The van der Waals surface area contributed by atoms with Crippen LogP contribution in [0.15, 0.2) is 47.4 Å². The topological polar surface area (TPSA) is 96.4 Å². The van der Waals surface area contributed by atoms with Gasteiger partial charge >= 0.3 is 0 Å². The molecule has 0 spiro atoms. The van der Waals surface area contributed by atoms with Crippen molar-refractivity contribution in [2.45, 2.75) is 55.8 Å². The number of carbonyl (C=O) groups is 1. The highest BCUT2D eigenvalue weighted by molar-refractivity contribution is 7.92. The molecule has 1 amide bonds. The maximum absolute atomic E-state index is 13.5. The largest absolute Gasteiger partial charge is 0.497 e. The SMILES string of the molecule is COc1cccc(N(C)S(=O)(=O)c2ccc3c(c2)[C@@H](N2CCCCC2=O)[C@H](O)C(C)(C)O3)c1. The number of hydrogen-bond donors (Lipinski definition) is 1. The van der Waals surface area contributed by atoms with Crippen molar-refractivity contribution in [3.63, 3.8) is 0 Å². The summed E-state index contributed by atoms with van der Waals surface area (Å²) < 4.78 is 39.4. The van der Waals surface area contributed by atoms with Gasteiger partial charge in [-0.25, -0.2) is 8.42 Å². The maximum atomic E-state index is 13.5. The average Bonchev–Trinajstić information content (AvgIpc) is 2.79. The van der Waals surface area contributed by atoms with Gasteiger partial charge in [0, 0.05) is 31.6 Å². The number of benzene rings is 2. The molecule has 2 aromatic carbocycles. The number of aliphatic hydroxyl groups excluding tert-OH is 1. The molecule has 0 aliphatic carbocycles. The summed E-state index contributed by atoms with van der Waals surface area (Å²) in [6.45, 7) is 4.04. The van der Waals surface area contributed by atoms with Gasteiger partial charge in [0.2, 0.25) is 5.91 Å². The summed E-state index contributed by atoms with van der Waals surface area (Å²) in [4.78, 5) is 14.4. The number of ether oxygens (including phenoxy) is 2. The van der Waals surface area contributed by atoms with E-state index in [-0.39, 0.29) is 10.8 Å². The van der Waals surface area contributed by atoms with E-state index < -0.39 is 27.8 Å². The third kappa shape index (κ3) is 4.15. The molecule has 2 aliphatic rings. The molecule has 0 unspecified atom stereocenters. The molecule has 0 aromatic heterocycles. The van der Waals surface area contributed by atoms with Crippen LogP contribution >= 0.6 is 0 Å². The first-order chi connectivity index (χ1) is 15.6. The third-order valence-electron chi connectivity index (χ3n) is 6.46. The Bertz CT molecular complexity index is 1160. The van der Waals surface area contributed by atoms with Gasteiger partial charge in [-0.15, -0.1) is 0 Å². The minimum Gasteiger partial charge on any atom is -0.497 e. The number of aliphatic hydroxyl groups is 1. The van der Waals surface area contributed by atoms with E-state index in [9.17, 15) is 18.3 Å². The van der Waals surface area contributed by atoms with E-state index in [4.69, 9.17) is 9.47 Å². The van der Waals surface area contributed by atoms with Crippen LogP contribution in [0.2, 0.25) is 0 Å². The number of sulfonamides is 1. The molecule has 2 heterocycles. The maximum Gasteiger partial charge on any atom is 0.264 e. The van der Waals surface area contributed by atoms with Gasteiger partial charge < -0.3 is 19.5 Å². The zero-order valence-corrected chi connectivity index (χ0v) is 20.1. The molecule has 1 N–H and O–H groups in total. The summed E-state index contributed by atoms with van der Waals surface area (Å²) in [6.07, 6.45) is 1.05. The van der Waals surface area contributed by atoms with Gasteiger partial charge in [-0.3, -0.25) is 9.10 Å². The summed E-state index contributed by atoms with van der Waals surface area (Å²) in [7, 11) is -0.932. The first kappa shape index (κ1) is 23.4. The van der Waals surface area contributed by atoms with Crippen LogP contribution in [0.25, 0.3) is 0 Å². The van der Waals surface area contributed by atoms with E-state index in [0.717, 1.165) is 12.8 Å². The Morgan fingerprint density at radius 1 is 1.18 bits per heavy atom. The molecule has 0 bridgehead atoms. The van der Waals surface area contributed by atoms with Crippen molar-refractivity contribution in [2.24, 2.45) is 0 Å². The second-order valence-electron chi connectivity index (χ2n) is 9.01. The fourth-order valence-corrected chi connectivity index (χ4v) is 5.69. The van der Waals surface area contributed by atoms with Gasteiger partial charge in [-0.1, -0.05) is 6.07 Å². The van der Waals surface area contributed by atoms with Crippen LogP contribution in [0.4, 0.5) is 5.69 Å². The Balaban J connectivity index is 1.78. The number of rotatable bonds is 5. The van der Waals surface area contributed by atoms with Gasteiger partial charge in [0.25, 0.3) is 10.0 Å². The monoisotopic (exact) mass is 474 g/mol. The Morgan fingerprint density at radius 3 is 2.64 bits per heavy atom. The number of fused-ring (bicyclic) bond motifs is 1. The molecule has 178 valence electrons. The van der Waals surface area contributed by atoms with Crippen molar-refractivity contribution in [2.75, 3.05) is 25.0 Å². The lowest BCUT2D eigenvalue weighted by Gasteiger charge is -2.47. The average molecular weight is 475 g/mol. The van der Waals surface area contributed by atoms with E-state index in [2.05, 4.69) is 0 Å². The molecule has 1 saturated heterocycles. The predicted molar refractivity (Wildman–Crippen MR) is 124 cm³/mol. The van der Waals surface area contributed by atoms with Crippen LogP contribution in [0.3, 0.4) is 0 Å². The van der Waals surface area contributed by atoms with Crippen molar-refractivity contribution in [1.82, 2.24) is 4.90 Å². The summed E-state index contributed by atoms with van der Waals surface area (Å²) >= 11 is 0. The zero-order valence-electron chi connectivity index (χ0n) is 19.3. The lowest BCUT2D eigenvalue weighted by atomic mass is 9.84. The quantitative estimate of drug-likeness (QED) is 0.715. The normalized spacial score (nSPS) is 22.3. The molecular weight excluding hydrogens is 444 g/mol. The van der Waals surface area contributed by atoms with Crippen LogP contribution in [0, 0.1) is 0 Å². The molecule has 8 nitrogen and oxygen atoms in total. The predicted octanol–water partition coefficient (Wildman–Crippen LogP) is 3.11. The summed E-state index contributed by atoms with van der Waals surface area (Å²) in [5.41, 5.74) is 0.0112. The number of hydrogen-bond acceptors (Lipinski definition) is 6. The molecule has 9 heteroatoms. The minimum absolute atomic E-state index is 0.0456. The molecule has 2 aromatic rings. The molecular formula is C24H30N2O6S. The van der Waals surface area contributed by atoms with Crippen LogP contribution in [0.1, 0.15) is 44.7 Å². The van der Waals surface area contributed by atoms with Crippen LogP contribution < -0.4 is 13.8 Å².